The Hall–Kier alpha value is -1.99. The van der Waals surface area contributed by atoms with Gasteiger partial charge in [0.15, 0.2) is 5.76 Å². The van der Waals surface area contributed by atoms with E-state index in [1.807, 2.05) is 10.7 Å². The van der Waals surface area contributed by atoms with Crippen molar-refractivity contribution in [1.82, 2.24) is 24.8 Å². The molecule has 1 saturated heterocycles. The Morgan fingerprint density at radius 1 is 1.39 bits per heavy atom. The van der Waals surface area contributed by atoms with Crippen molar-refractivity contribution >= 4 is 11.3 Å². The fourth-order valence-corrected chi connectivity index (χ4v) is 3.86. The number of rotatable bonds is 5. The summed E-state index contributed by atoms with van der Waals surface area (Å²) >= 11 is 1.67. The SMILES string of the molecule is c1csc(-c2cc(CN3CCCC(Cn4cncn4)C3)no2)c1. The van der Waals surface area contributed by atoms with Crippen molar-refractivity contribution in [2.24, 2.45) is 5.92 Å². The summed E-state index contributed by atoms with van der Waals surface area (Å²) in [7, 11) is 0. The molecular weight excluding hydrogens is 310 g/mol. The maximum Gasteiger partial charge on any atom is 0.177 e. The predicted molar refractivity (Wildman–Crippen MR) is 87.8 cm³/mol. The van der Waals surface area contributed by atoms with E-state index in [0.29, 0.717) is 5.92 Å². The molecule has 1 unspecified atom stereocenters. The summed E-state index contributed by atoms with van der Waals surface area (Å²) in [5.74, 6) is 1.49. The van der Waals surface area contributed by atoms with Crippen molar-refractivity contribution < 1.29 is 4.52 Å². The molecule has 4 rings (SSSR count). The van der Waals surface area contributed by atoms with Crippen molar-refractivity contribution in [3.05, 3.63) is 41.9 Å². The van der Waals surface area contributed by atoms with Gasteiger partial charge >= 0.3 is 0 Å². The minimum Gasteiger partial charge on any atom is -0.355 e. The van der Waals surface area contributed by atoms with E-state index in [1.54, 1.807) is 24.0 Å². The van der Waals surface area contributed by atoms with Crippen LogP contribution in [0.15, 0.2) is 40.8 Å². The number of likely N-dealkylation sites (tertiary alicyclic amines) is 1. The first-order valence-corrected chi connectivity index (χ1v) is 8.79. The van der Waals surface area contributed by atoms with Crippen LogP contribution in [0, 0.1) is 5.92 Å². The highest BCUT2D eigenvalue weighted by Gasteiger charge is 2.21. The third-order valence-electron chi connectivity index (χ3n) is 4.22. The molecule has 3 aromatic heterocycles. The summed E-state index contributed by atoms with van der Waals surface area (Å²) in [5.41, 5.74) is 1.01. The molecule has 0 N–H and O–H groups in total. The molecule has 0 radical (unpaired) electrons. The zero-order valence-corrected chi connectivity index (χ0v) is 13.7. The number of thiophene rings is 1. The number of piperidine rings is 1. The summed E-state index contributed by atoms with van der Waals surface area (Å²) in [6, 6.07) is 6.15. The minimum atomic E-state index is 0.620. The molecule has 0 saturated carbocycles. The highest BCUT2D eigenvalue weighted by atomic mass is 32.1. The van der Waals surface area contributed by atoms with E-state index in [1.165, 1.54) is 12.8 Å². The highest BCUT2D eigenvalue weighted by molar-refractivity contribution is 7.13. The van der Waals surface area contributed by atoms with Crippen LogP contribution < -0.4 is 0 Å². The van der Waals surface area contributed by atoms with Gasteiger partial charge in [0.1, 0.15) is 12.7 Å². The van der Waals surface area contributed by atoms with E-state index in [9.17, 15) is 0 Å². The Labute approximate surface area is 138 Å². The molecule has 120 valence electrons. The standard InChI is InChI=1S/C16H19N5OS/c1-3-13(9-21-12-17-11-18-21)8-20(5-1)10-14-7-15(22-19-14)16-4-2-6-23-16/h2,4,6-7,11-13H,1,3,5,8-10H2. The Morgan fingerprint density at radius 3 is 3.22 bits per heavy atom. The smallest absolute Gasteiger partial charge is 0.177 e. The monoisotopic (exact) mass is 329 g/mol. The minimum absolute atomic E-state index is 0.620. The van der Waals surface area contributed by atoms with Crippen molar-refractivity contribution in [3.8, 4) is 10.6 Å². The summed E-state index contributed by atoms with van der Waals surface area (Å²) < 4.78 is 7.40. The van der Waals surface area contributed by atoms with E-state index in [-0.39, 0.29) is 0 Å². The van der Waals surface area contributed by atoms with Crippen LogP contribution in [0.5, 0.6) is 0 Å². The maximum absolute atomic E-state index is 5.47. The Balaban J connectivity index is 1.37. The average Bonchev–Trinajstić information content (AvgIpc) is 3.30. The second kappa shape index (κ2) is 6.64. The largest absolute Gasteiger partial charge is 0.355 e. The van der Waals surface area contributed by atoms with E-state index >= 15 is 0 Å². The van der Waals surface area contributed by atoms with E-state index in [4.69, 9.17) is 4.52 Å². The molecule has 1 aliphatic rings. The molecule has 0 bridgehead atoms. The first kappa shape index (κ1) is 14.6. The molecule has 23 heavy (non-hydrogen) atoms. The second-order valence-corrected chi connectivity index (χ2v) is 6.97. The van der Waals surface area contributed by atoms with Gasteiger partial charge in [-0.15, -0.1) is 11.3 Å². The molecule has 0 amide bonds. The molecule has 1 fully saturated rings. The zero-order valence-electron chi connectivity index (χ0n) is 12.8. The van der Waals surface area contributed by atoms with Gasteiger partial charge in [0, 0.05) is 25.7 Å². The first-order chi connectivity index (χ1) is 11.4. The van der Waals surface area contributed by atoms with Crippen LogP contribution in [0.3, 0.4) is 0 Å². The number of hydrogen-bond donors (Lipinski definition) is 0. The third-order valence-corrected chi connectivity index (χ3v) is 5.11. The van der Waals surface area contributed by atoms with Gasteiger partial charge < -0.3 is 4.52 Å². The van der Waals surface area contributed by atoms with Crippen LogP contribution in [-0.2, 0) is 13.1 Å². The van der Waals surface area contributed by atoms with E-state index in [0.717, 1.165) is 42.5 Å². The second-order valence-electron chi connectivity index (χ2n) is 6.02. The van der Waals surface area contributed by atoms with Crippen LogP contribution in [0.4, 0.5) is 0 Å². The van der Waals surface area contributed by atoms with Gasteiger partial charge in [0.2, 0.25) is 0 Å². The Kier molecular flexibility index (Phi) is 4.21. The van der Waals surface area contributed by atoms with Crippen LogP contribution in [-0.4, -0.2) is 37.9 Å². The Morgan fingerprint density at radius 2 is 2.39 bits per heavy atom. The third kappa shape index (κ3) is 3.51. The number of hydrogen-bond acceptors (Lipinski definition) is 6. The van der Waals surface area contributed by atoms with Crippen molar-refractivity contribution in [3.63, 3.8) is 0 Å². The maximum atomic E-state index is 5.47. The first-order valence-electron chi connectivity index (χ1n) is 7.91. The molecule has 1 atom stereocenters. The van der Waals surface area contributed by atoms with Gasteiger partial charge in [-0.25, -0.2) is 4.98 Å². The van der Waals surface area contributed by atoms with Crippen molar-refractivity contribution in [2.75, 3.05) is 13.1 Å². The van der Waals surface area contributed by atoms with Crippen LogP contribution in [0.2, 0.25) is 0 Å². The molecule has 3 aromatic rings. The predicted octanol–water partition coefficient (Wildman–Crippen LogP) is 2.91. The molecule has 1 aliphatic heterocycles. The van der Waals surface area contributed by atoms with Gasteiger partial charge in [-0.2, -0.15) is 5.10 Å². The van der Waals surface area contributed by atoms with Gasteiger partial charge in [-0.3, -0.25) is 9.58 Å². The number of nitrogens with zero attached hydrogens (tertiary/aromatic N) is 5. The molecule has 0 aliphatic carbocycles. The summed E-state index contributed by atoms with van der Waals surface area (Å²) in [6.45, 7) is 3.98. The lowest BCUT2D eigenvalue weighted by molar-refractivity contribution is 0.150. The molecule has 0 aromatic carbocycles. The topological polar surface area (TPSA) is 60.0 Å². The average molecular weight is 329 g/mol. The molecule has 6 nitrogen and oxygen atoms in total. The lowest BCUT2D eigenvalue weighted by Gasteiger charge is -2.31. The van der Waals surface area contributed by atoms with Gasteiger partial charge in [-0.1, -0.05) is 11.2 Å². The molecular formula is C16H19N5OS. The zero-order chi connectivity index (χ0) is 15.5. The Bertz CT molecular complexity index is 722. The summed E-state index contributed by atoms with van der Waals surface area (Å²) in [5, 5.41) is 10.5. The van der Waals surface area contributed by atoms with Gasteiger partial charge in [-0.05, 0) is 36.8 Å². The lowest BCUT2D eigenvalue weighted by atomic mass is 9.98. The fourth-order valence-electron chi connectivity index (χ4n) is 3.19. The molecule has 4 heterocycles. The number of aromatic nitrogens is 4. The van der Waals surface area contributed by atoms with Crippen LogP contribution in [0.25, 0.3) is 10.6 Å². The quantitative estimate of drug-likeness (QED) is 0.720. The summed E-state index contributed by atoms with van der Waals surface area (Å²) in [6.07, 6.45) is 5.86. The van der Waals surface area contributed by atoms with Crippen LogP contribution >= 0.6 is 11.3 Å². The molecule has 7 heteroatoms. The van der Waals surface area contributed by atoms with E-state index in [2.05, 4.69) is 37.7 Å². The molecule has 0 spiro atoms. The summed E-state index contributed by atoms with van der Waals surface area (Å²) in [4.78, 5) is 7.61. The van der Waals surface area contributed by atoms with Gasteiger partial charge in [0.25, 0.3) is 0 Å². The van der Waals surface area contributed by atoms with Crippen molar-refractivity contribution in [2.45, 2.75) is 25.9 Å². The fraction of sp³-hybridized carbons (Fsp3) is 0.438. The van der Waals surface area contributed by atoms with Gasteiger partial charge in [0.05, 0.1) is 10.6 Å². The van der Waals surface area contributed by atoms with Crippen LogP contribution in [0.1, 0.15) is 18.5 Å². The lowest BCUT2D eigenvalue weighted by Crippen LogP contribution is -2.36. The van der Waals surface area contributed by atoms with E-state index < -0.39 is 0 Å². The van der Waals surface area contributed by atoms with Crippen molar-refractivity contribution in [1.29, 1.82) is 0 Å². The normalized spacial score (nSPS) is 19.2. The highest BCUT2D eigenvalue weighted by Crippen LogP contribution is 2.26.